The molecule has 0 aromatic heterocycles. The zero-order valence-electron chi connectivity index (χ0n) is 9.47. The van der Waals surface area contributed by atoms with Crippen LogP contribution in [0.3, 0.4) is 0 Å². The highest BCUT2D eigenvalue weighted by molar-refractivity contribution is 6.30. The Kier molecular flexibility index (Phi) is 5.62. The van der Waals surface area contributed by atoms with E-state index in [0.29, 0.717) is 10.6 Å². The molecule has 0 saturated heterocycles. The lowest BCUT2D eigenvalue weighted by Gasteiger charge is -2.06. The minimum Gasteiger partial charge on any atom is -0.373 e. The Morgan fingerprint density at radius 1 is 1.22 bits per heavy atom. The van der Waals surface area contributed by atoms with Crippen LogP contribution in [0.1, 0.15) is 23.2 Å². The van der Waals surface area contributed by atoms with Crippen LogP contribution in [-0.4, -0.2) is 25.2 Å². The molecule has 0 fully saturated rings. The van der Waals surface area contributed by atoms with Crippen molar-refractivity contribution in [2.45, 2.75) is 19.0 Å². The Bertz CT molecular complexity index is 387. The Balaban J connectivity index is 2.24. The lowest BCUT2D eigenvalue weighted by molar-refractivity contribution is -0.137. The van der Waals surface area contributed by atoms with E-state index in [4.69, 9.17) is 16.3 Å². The van der Waals surface area contributed by atoms with E-state index in [2.05, 4.69) is 0 Å². The van der Waals surface area contributed by atoms with Gasteiger partial charge in [-0.05, 0) is 30.7 Å². The largest absolute Gasteiger partial charge is 0.389 e. The number of alkyl halides is 3. The van der Waals surface area contributed by atoms with E-state index >= 15 is 0 Å². The van der Waals surface area contributed by atoms with Gasteiger partial charge >= 0.3 is 6.18 Å². The molecule has 1 aromatic carbocycles. The van der Waals surface area contributed by atoms with Crippen molar-refractivity contribution in [2.24, 2.45) is 0 Å². The molecule has 0 spiro atoms. The summed E-state index contributed by atoms with van der Waals surface area (Å²) in [4.78, 5) is 11.5. The highest BCUT2D eigenvalue weighted by Gasteiger charge is 2.25. The molecular weight excluding hydrogens is 269 g/mol. The van der Waals surface area contributed by atoms with Gasteiger partial charge in [0, 0.05) is 23.6 Å². The first-order chi connectivity index (χ1) is 8.38. The van der Waals surface area contributed by atoms with Crippen molar-refractivity contribution in [3.05, 3.63) is 34.9 Å². The smallest absolute Gasteiger partial charge is 0.373 e. The predicted octanol–water partition coefficient (Wildman–Crippen LogP) is 3.88. The predicted molar refractivity (Wildman–Crippen MR) is 61.9 cm³/mol. The summed E-state index contributed by atoms with van der Waals surface area (Å²) in [6.07, 6.45) is -5.22. The first-order valence-electron chi connectivity index (χ1n) is 5.32. The van der Waals surface area contributed by atoms with Crippen molar-refractivity contribution < 1.29 is 22.7 Å². The molecule has 2 nitrogen and oxygen atoms in total. The second-order valence-corrected chi connectivity index (χ2v) is 4.14. The number of Topliss-reactive ketones (excluding diaryl/α,β-unsaturated/α-hetero) is 1. The summed E-state index contributed by atoms with van der Waals surface area (Å²) in [5.41, 5.74) is 0.426. The summed E-state index contributed by atoms with van der Waals surface area (Å²) in [5, 5.41) is 0.512. The van der Waals surface area contributed by atoms with Crippen LogP contribution in [-0.2, 0) is 4.74 Å². The first-order valence-corrected chi connectivity index (χ1v) is 5.69. The standard InChI is InChI=1S/C12H12ClF3O2/c13-10-4-2-9(3-5-10)11(17)8-18-7-1-6-12(14,15)16/h2-5H,1,6-8H2. The lowest BCUT2D eigenvalue weighted by Crippen LogP contribution is -2.12. The molecule has 0 aliphatic heterocycles. The van der Waals surface area contributed by atoms with E-state index in [1.165, 1.54) is 0 Å². The van der Waals surface area contributed by atoms with Gasteiger partial charge in [0.25, 0.3) is 0 Å². The quantitative estimate of drug-likeness (QED) is 0.584. The second-order valence-electron chi connectivity index (χ2n) is 3.70. The maximum atomic E-state index is 11.8. The number of carbonyl (C=O) groups excluding carboxylic acids is 1. The van der Waals surface area contributed by atoms with E-state index < -0.39 is 12.6 Å². The number of benzene rings is 1. The van der Waals surface area contributed by atoms with Crippen molar-refractivity contribution in [3.8, 4) is 0 Å². The van der Waals surface area contributed by atoms with E-state index in [-0.39, 0.29) is 25.4 Å². The molecule has 0 saturated carbocycles. The summed E-state index contributed by atoms with van der Waals surface area (Å²) < 4.78 is 40.3. The fourth-order valence-electron chi connectivity index (χ4n) is 1.26. The summed E-state index contributed by atoms with van der Waals surface area (Å²) in [6, 6.07) is 6.23. The molecule has 1 rings (SSSR count). The number of carbonyl (C=O) groups is 1. The fourth-order valence-corrected chi connectivity index (χ4v) is 1.38. The molecule has 0 radical (unpaired) electrons. The number of hydrogen-bond donors (Lipinski definition) is 0. The monoisotopic (exact) mass is 280 g/mol. The zero-order valence-corrected chi connectivity index (χ0v) is 10.2. The molecular formula is C12H12ClF3O2. The highest BCUT2D eigenvalue weighted by Crippen LogP contribution is 2.21. The van der Waals surface area contributed by atoms with Gasteiger partial charge in [0.1, 0.15) is 6.61 Å². The summed E-state index contributed by atoms with van der Waals surface area (Å²) in [5.74, 6) is -0.279. The first kappa shape index (κ1) is 15.0. The molecule has 1 aromatic rings. The minimum atomic E-state index is -4.18. The number of hydrogen-bond acceptors (Lipinski definition) is 2. The third-order valence-corrected chi connectivity index (χ3v) is 2.40. The molecule has 100 valence electrons. The van der Waals surface area contributed by atoms with Crippen LogP contribution in [0, 0.1) is 0 Å². The van der Waals surface area contributed by atoms with Crippen LogP contribution < -0.4 is 0 Å². The molecule has 0 heterocycles. The topological polar surface area (TPSA) is 26.3 Å². The van der Waals surface area contributed by atoms with E-state index in [1.807, 2.05) is 0 Å². The van der Waals surface area contributed by atoms with Gasteiger partial charge in [0.15, 0.2) is 5.78 Å². The average molecular weight is 281 g/mol. The van der Waals surface area contributed by atoms with Gasteiger partial charge in [0.2, 0.25) is 0 Å². The molecule has 0 unspecified atom stereocenters. The van der Waals surface area contributed by atoms with Crippen LogP contribution >= 0.6 is 11.6 Å². The van der Waals surface area contributed by atoms with Gasteiger partial charge in [-0.1, -0.05) is 11.6 Å². The number of ether oxygens (including phenoxy) is 1. The van der Waals surface area contributed by atoms with Gasteiger partial charge in [-0.25, -0.2) is 0 Å². The molecule has 0 N–H and O–H groups in total. The van der Waals surface area contributed by atoms with Crippen molar-refractivity contribution in [3.63, 3.8) is 0 Å². The molecule has 18 heavy (non-hydrogen) atoms. The second kappa shape index (κ2) is 6.75. The Morgan fingerprint density at radius 3 is 2.39 bits per heavy atom. The zero-order chi connectivity index (χ0) is 13.6. The average Bonchev–Trinajstić information content (AvgIpc) is 2.27. The Morgan fingerprint density at radius 2 is 1.83 bits per heavy atom. The van der Waals surface area contributed by atoms with Gasteiger partial charge in [0.05, 0.1) is 0 Å². The number of ketones is 1. The summed E-state index contributed by atoms with van der Waals surface area (Å²) >= 11 is 5.66. The number of rotatable bonds is 6. The SMILES string of the molecule is O=C(COCCCC(F)(F)F)c1ccc(Cl)cc1. The van der Waals surface area contributed by atoms with Crippen LogP contribution in [0.2, 0.25) is 5.02 Å². The van der Waals surface area contributed by atoms with Gasteiger partial charge in [-0.15, -0.1) is 0 Å². The molecule has 6 heteroatoms. The van der Waals surface area contributed by atoms with Crippen molar-refractivity contribution in [1.82, 2.24) is 0 Å². The third kappa shape index (κ3) is 6.02. The van der Waals surface area contributed by atoms with Crippen LogP contribution in [0.15, 0.2) is 24.3 Å². The summed E-state index contributed by atoms with van der Waals surface area (Å²) in [7, 11) is 0. The van der Waals surface area contributed by atoms with Crippen molar-refractivity contribution >= 4 is 17.4 Å². The summed E-state index contributed by atoms with van der Waals surface area (Å²) in [6.45, 7) is -0.307. The molecule has 0 bridgehead atoms. The molecule has 0 aliphatic carbocycles. The number of halogens is 4. The normalized spacial score (nSPS) is 11.6. The molecule has 0 atom stereocenters. The van der Waals surface area contributed by atoms with E-state index in [0.717, 1.165) is 0 Å². The lowest BCUT2D eigenvalue weighted by atomic mass is 10.1. The molecule has 0 aliphatic rings. The third-order valence-electron chi connectivity index (χ3n) is 2.15. The molecule has 0 amide bonds. The van der Waals surface area contributed by atoms with E-state index in [9.17, 15) is 18.0 Å². The maximum absolute atomic E-state index is 11.8. The van der Waals surface area contributed by atoms with Crippen LogP contribution in [0.4, 0.5) is 13.2 Å². The fraction of sp³-hybridized carbons (Fsp3) is 0.417. The minimum absolute atomic E-state index is 0.0845. The maximum Gasteiger partial charge on any atom is 0.389 e. The Hall–Kier alpha value is -1.07. The van der Waals surface area contributed by atoms with Crippen molar-refractivity contribution in [2.75, 3.05) is 13.2 Å². The van der Waals surface area contributed by atoms with Crippen LogP contribution in [0.5, 0.6) is 0 Å². The van der Waals surface area contributed by atoms with Crippen molar-refractivity contribution in [1.29, 1.82) is 0 Å². The van der Waals surface area contributed by atoms with Gasteiger partial charge in [-0.3, -0.25) is 4.79 Å². The van der Waals surface area contributed by atoms with Gasteiger partial charge < -0.3 is 4.74 Å². The van der Waals surface area contributed by atoms with E-state index in [1.54, 1.807) is 24.3 Å². The highest BCUT2D eigenvalue weighted by atomic mass is 35.5. The van der Waals surface area contributed by atoms with Crippen LogP contribution in [0.25, 0.3) is 0 Å². The Labute approximate surface area is 108 Å². The van der Waals surface area contributed by atoms with Gasteiger partial charge in [-0.2, -0.15) is 13.2 Å².